The Morgan fingerprint density at radius 3 is 2.47 bits per heavy atom. The van der Waals surface area contributed by atoms with Gasteiger partial charge in [-0.15, -0.1) is 0 Å². The molecule has 2 aromatic heterocycles. The third kappa shape index (κ3) is 2.14. The maximum atomic E-state index is 4.48. The normalized spacial score (nSPS) is 10.7. The topological polar surface area (TPSA) is 25.8 Å². The van der Waals surface area contributed by atoms with E-state index < -0.39 is 0 Å². The van der Waals surface area contributed by atoms with Crippen LogP contribution in [-0.4, -0.2) is 26.8 Å². The summed E-state index contributed by atoms with van der Waals surface area (Å²) in [5.74, 6) is 0. The zero-order valence-corrected chi connectivity index (χ0v) is 11.6. The molecule has 76 valence electrons. The number of aryl methyl sites for hydroxylation is 3. The van der Waals surface area contributed by atoms with Gasteiger partial charge in [-0.1, -0.05) is 0 Å². The first kappa shape index (κ1) is 10.8. The van der Waals surface area contributed by atoms with Crippen molar-refractivity contribution in [1.29, 1.82) is 0 Å². The van der Waals surface area contributed by atoms with Crippen LogP contribution in [0.2, 0.25) is 0 Å². The molecule has 0 atom stereocenters. The summed E-state index contributed by atoms with van der Waals surface area (Å²) in [6.07, 6.45) is 0. The van der Waals surface area contributed by atoms with Gasteiger partial charge in [-0.2, -0.15) is 0 Å². The molecule has 0 aromatic carbocycles. The molecule has 0 bridgehead atoms. The second kappa shape index (κ2) is 4.07. The van der Waals surface area contributed by atoms with E-state index >= 15 is 0 Å². The van der Waals surface area contributed by atoms with E-state index in [1.54, 1.807) is 11.3 Å². The van der Waals surface area contributed by atoms with E-state index in [9.17, 15) is 0 Å². The minimum atomic E-state index is 1.04. The van der Waals surface area contributed by atoms with Gasteiger partial charge in [0.05, 0.1) is 0 Å². The predicted molar refractivity (Wildman–Crippen MR) is 64.9 cm³/mol. The van der Waals surface area contributed by atoms with E-state index in [0.717, 1.165) is 20.9 Å². The van der Waals surface area contributed by atoms with Gasteiger partial charge in [0.25, 0.3) is 0 Å². The predicted octanol–water partition coefficient (Wildman–Crippen LogP) is 1.92. The molecule has 0 N–H and O–H groups in total. The first-order chi connectivity index (χ1) is 7.08. The van der Waals surface area contributed by atoms with E-state index in [0.29, 0.717) is 0 Å². The fourth-order valence-electron chi connectivity index (χ4n) is 1.79. The molecule has 0 fully saturated rings. The summed E-state index contributed by atoms with van der Waals surface area (Å²) in [6, 6.07) is 2.10. The second-order valence-electron chi connectivity index (χ2n) is 3.56. The molecule has 15 heavy (non-hydrogen) atoms. The molecule has 2 nitrogen and oxygen atoms in total. The van der Waals surface area contributed by atoms with Gasteiger partial charge in [0.15, 0.2) is 0 Å². The fourth-order valence-corrected chi connectivity index (χ4v) is 2.89. The third-order valence-electron chi connectivity index (χ3n) is 2.27. The van der Waals surface area contributed by atoms with Gasteiger partial charge in [-0.25, -0.2) is 0 Å². The van der Waals surface area contributed by atoms with Crippen LogP contribution in [0.5, 0.6) is 0 Å². The Labute approximate surface area is 102 Å². The van der Waals surface area contributed by atoms with Crippen LogP contribution in [0, 0.1) is 20.8 Å². The van der Waals surface area contributed by atoms with Gasteiger partial charge >= 0.3 is 102 Å². The van der Waals surface area contributed by atoms with Crippen LogP contribution in [0.3, 0.4) is 0 Å². The number of rotatable bonds is 1. The average Bonchev–Trinajstić information content (AvgIpc) is 2.49. The zero-order chi connectivity index (χ0) is 11.0. The second-order valence-corrected chi connectivity index (χ2v) is 5.96. The van der Waals surface area contributed by atoms with Gasteiger partial charge in [0.2, 0.25) is 0 Å². The van der Waals surface area contributed by atoms with Crippen molar-refractivity contribution in [2.24, 2.45) is 0 Å². The van der Waals surface area contributed by atoms with Crippen LogP contribution in [-0.2, 0) is 0 Å². The Balaban J connectivity index is 2.62. The van der Waals surface area contributed by atoms with E-state index in [4.69, 9.17) is 0 Å². The van der Waals surface area contributed by atoms with Crippen molar-refractivity contribution in [1.82, 2.24) is 9.97 Å². The van der Waals surface area contributed by atoms with E-state index in [-0.39, 0.29) is 0 Å². The van der Waals surface area contributed by atoms with Crippen LogP contribution in [0.4, 0.5) is 0 Å². The Bertz CT molecular complexity index is 482. The summed E-state index contributed by atoms with van der Waals surface area (Å²) in [5, 5.41) is 2.08. The Morgan fingerprint density at radius 1 is 1.20 bits per heavy atom. The number of pyridine rings is 1. The van der Waals surface area contributed by atoms with Crippen LogP contribution in [0.25, 0.3) is 11.3 Å². The molecule has 0 aliphatic carbocycles. The SMILES string of the molecule is Cc1cc(C)c(-c2csc([As])n2)c(C)n1. The van der Waals surface area contributed by atoms with Crippen molar-refractivity contribution in [3.05, 3.63) is 28.4 Å². The van der Waals surface area contributed by atoms with Crippen LogP contribution in [0.15, 0.2) is 11.4 Å². The summed E-state index contributed by atoms with van der Waals surface area (Å²) in [4.78, 5) is 8.96. The molecule has 0 aliphatic rings. The molecule has 4 heteroatoms. The van der Waals surface area contributed by atoms with Crippen molar-refractivity contribution in [2.75, 3.05) is 0 Å². The van der Waals surface area contributed by atoms with Crippen molar-refractivity contribution < 1.29 is 0 Å². The number of thiazole rings is 1. The molecule has 0 saturated carbocycles. The van der Waals surface area contributed by atoms with Crippen LogP contribution < -0.4 is 3.80 Å². The van der Waals surface area contributed by atoms with Crippen molar-refractivity contribution in [3.8, 4) is 11.3 Å². The molecule has 2 radical (unpaired) electrons. The minimum absolute atomic E-state index is 1.04. The molecule has 0 amide bonds. The molecule has 2 rings (SSSR count). The Hall–Kier alpha value is -0.662. The van der Waals surface area contributed by atoms with Gasteiger partial charge in [-0.3, -0.25) is 0 Å². The molecule has 2 aromatic rings. The molecular weight excluding hydrogens is 267 g/mol. The van der Waals surface area contributed by atoms with Gasteiger partial charge < -0.3 is 0 Å². The quantitative estimate of drug-likeness (QED) is 0.745. The van der Waals surface area contributed by atoms with Gasteiger partial charge in [0.1, 0.15) is 0 Å². The summed E-state index contributed by atoms with van der Waals surface area (Å²) in [6.45, 7) is 6.17. The van der Waals surface area contributed by atoms with E-state index in [2.05, 4.69) is 45.2 Å². The molecule has 0 spiro atoms. The number of hydrogen-bond acceptors (Lipinski definition) is 3. The fraction of sp³-hybridized carbons (Fsp3) is 0.273. The van der Waals surface area contributed by atoms with Crippen LogP contribution >= 0.6 is 11.3 Å². The zero-order valence-electron chi connectivity index (χ0n) is 8.90. The molecule has 0 saturated heterocycles. The van der Waals surface area contributed by atoms with Gasteiger partial charge in [-0.05, 0) is 0 Å². The van der Waals surface area contributed by atoms with Crippen molar-refractivity contribution in [2.45, 2.75) is 20.8 Å². The van der Waals surface area contributed by atoms with Crippen LogP contribution in [0.1, 0.15) is 17.0 Å². The van der Waals surface area contributed by atoms with Crippen molar-refractivity contribution in [3.63, 3.8) is 0 Å². The average molecular weight is 278 g/mol. The summed E-state index contributed by atoms with van der Waals surface area (Å²) >= 11 is 4.13. The van der Waals surface area contributed by atoms with Crippen molar-refractivity contribution >= 4 is 32.0 Å². The Morgan fingerprint density at radius 2 is 1.93 bits per heavy atom. The Kier molecular flexibility index (Phi) is 2.94. The standard InChI is InChI=1S/C11H11AsN2S/c1-6-4-7(2)13-8(3)10(6)9-5-15-11(12)14-9/h4-5H,1-3H3. The first-order valence-corrected chi connectivity index (χ1v) is 6.49. The molecule has 0 aliphatic heterocycles. The molecule has 2 heterocycles. The third-order valence-corrected chi connectivity index (χ3v) is 3.79. The number of aromatic nitrogens is 2. The monoisotopic (exact) mass is 278 g/mol. The number of hydrogen-bond donors (Lipinski definition) is 0. The first-order valence-electron chi connectivity index (χ1n) is 4.67. The maximum absolute atomic E-state index is 4.48. The molecular formula is C11H11AsN2S. The number of nitrogens with zero attached hydrogens (tertiary/aromatic N) is 2. The summed E-state index contributed by atoms with van der Waals surface area (Å²) in [7, 11) is 0. The van der Waals surface area contributed by atoms with Gasteiger partial charge in [0, 0.05) is 0 Å². The van der Waals surface area contributed by atoms with E-state index in [1.807, 2.05) is 13.8 Å². The molecule has 0 unspecified atom stereocenters. The summed E-state index contributed by atoms with van der Waals surface area (Å²) < 4.78 is 1.04. The summed E-state index contributed by atoms with van der Waals surface area (Å²) in [5.41, 5.74) is 5.59. The van der Waals surface area contributed by atoms with E-state index in [1.165, 1.54) is 11.1 Å².